The first-order valence-electron chi connectivity index (χ1n) is 7.14. The summed E-state index contributed by atoms with van der Waals surface area (Å²) in [5.41, 5.74) is 1.94. The Balaban J connectivity index is 2.01. The van der Waals surface area contributed by atoms with Crippen LogP contribution >= 0.6 is 0 Å². The first kappa shape index (κ1) is 16.5. The van der Waals surface area contributed by atoms with Crippen LogP contribution in [-0.2, 0) is 6.54 Å². The van der Waals surface area contributed by atoms with E-state index >= 15 is 0 Å². The molecule has 0 aromatic heterocycles. The molecule has 0 aliphatic rings. The first-order valence-corrected chi connectivity index (χ1v) is 7.14. The predicted molar refractivity (Wildman–Crippen MR) is 86.4 cm³/mol. The fourth-order valence-electron chi connectivity index (χ4n) is 2.07. The van der Waals surface area contributed by atoms with Gasteiger partial charge in [-0.25, -0.2) is 4.79 Å². The summed E-state index contributed by atoms with van der Waals surface area (Å²) in [5, 5.41) is 20.7. The van der Waals surface area contributed by atoms with Gasteiger partial charge in [0.1, 0.15) is 0 Å². The number of carbonyl (C=O) groups excluding carboxylic acids is 1. The molecule has 2 amide bonds. The molecule has 2 aromatic carbocycles. The number of carbonyl (C=O) groups is 2. The van der Waals surface area contributed by atoms with Gasteiger partial charge in [-0.15, -0.1) is 0 Å². The number of hydrogen-bond acceptors (Lipinski definition) is 3. The summed E-state index contributed by atoms with van der Waals surface area (Å²) in [6.45, 7) is -0.0219. The lowest BCUT2D eigenvalue weighted by Gasteiger charge is -2.18. The Kier molecular flexibility index (Phi) is 5.71. The highest BCUT2D eigenvalue weighted by Crippen LogP contribution is 2.11. The van der Waals surface area contributed by atoms with Crippen molar-refractivity contribution in [3.05, 3.63) is 65.7 Å². The molecule has 0 bridgehead atoms. The quantitative estimate of drug-likeness (QED) is 0.764. The van der Waals surface area contributed by atoms with Crippen molar-refractivity contribution < 1.29 is 19.8 Å². The van der Waals surface area contributed by atoms with E-state index in [0.717, 1.165) is 10.5 Å². The van der Waals surface area contributed by atoms with E-state index < -0.39 is 6.09 Å². The second-order valence-corrected chi connectivity index (χ2v) is 4.94. The zero-order chi connectivity index (χ0) is 16.7. The lowest BCUT2D eigenvalue weighted by Crippen LogP contribution is -2.31. The van der Waals surface area contributed by atoms with Crippen LogP contribution in [0.4, 0.5) is 10.5 Å². The normalized spacial score (nSPS) is 10.1. The van der Waals surface area contributed by atoms with Crippen LogP contribution in [0.25, 0.3) is 0 Å². The van der Waals surface area contributed by atoms with E-state index in [1.165, 1.54) is 0 Å². The zero-order valence-electron chi connectivity index (χ0n) is 12.5. The van der Waals surface area contributed by atoms with Crippen LogP contribution < -0.4 is 5.32 Å². The minimum absolute atomic E-state index is 0.0472. The molecule has 0 atom stereocenters. The molecule has 0 aliphatic heterocycles. The Labute approximate surface area is 134 Å². The van der Waals surface area contributed by atoms with Crippen molar-refractivity contribution in [3.63, 3.8) is 0 Å². The van der Waals surface area contributed by atoms with Crippen LogP contribution in [0.3, 0.4) is 0 Å². The third kappa shape index (κ3) is 4.82. The molecule has 0 radical (unpaired) electrons. The van der Waals surface area contributed by atoms with Crippen molar-refractivity contribution in [1.29, 1.82) is 0 Å². The highest BCUT2D eigenvalue weighted by molar-refractivity contribution is 6.04. The molecule has 0 heterocycles. The lowest BCUT2D eigenvalue weighted by molar-refractivity contribution is 0.102. The second-order valence-electron chi connectivity index (χ2n) is 4.94. The van der Waals surface area contributed by atoms with Gasteiger partial charge in [-0.05, 0) is 29.8 Å². The van der Waals surface area contributed by atoms with Crippen molar-refractivity contribution in [2.75, 3.05) is 18.5 Å². The smallest absolute Gasteiger partial charge is 0.407 e. The number of amides is 2. The molecular formula is C17H18N2O4. The van der Waals surface area contributed by atoms with Crippen LogP contribution in [-0.4, -0.2) is 40.3 Å². The van der Waals surface area contributed by atoms with Gasteiger partial charge in [-0.3, -0.25) is 4.79 Å². The maximum absolute atomic E-state index is 12.1. The van der Waals surface area contributed by atoms with Gasteiger partial charge in [0.15, 0.2) is 0 Å². The molecule has 2 aromatic rings. The van der Waals surface area contributed by atoms with Gasteiger partial charge in [0, 0.05) is 24.3 Å². The van der Waals surface area contributed by atoms with Crippen molar-refractivity contribution in [2.24, 2.45) is 0 Å². The average Bonchev–Trinajstić information content (AvgIpc) is 2.56. The Morgan fingerprint density at radius 3 is 2.22 bits per heavy atom. The summed E-state index contributed by atoms with van der Waals surface area (Å²) in [4.78, 5) is 24.2. The van der Waals surface area contributed by atoms with E-state index in [9.17, 15) is 9.59 Å². The molecule has 0 aliphatic carbocycles. The third-order valence-corrected chi connectivity index (χ3v) is 3.26. The Morgan fingerprint density at radius 1 is 1.00 bits per heavy atom. The number of anilines is 1. The number of hydrogen-bond donors (Lipinski definition) is 3. The van der Waals surface area contributed by atoms with E-state index in [0.29, 0.717) is 11.3 Å². The minimum Gasteiger partial charge on any atom is -0.465 e. The number of carboxylic acid groups (broad SMARTS) is 1. The van der Waals surface area contributed by atoms with Crippen molar-refractivity contribution >= 4 is 17.7 Å². The number of para-hydroxylation sites is 1. The summed E-state index contributed by atoms with van der Waals surface area (Å²) in [6.07, 6.45) is -1.09. The number of aliphatic hydroxyl groups excluding tert-OH is 1. The molecule has 0 unspecified atom stereocenters. The number of benzene rings is 2. The highest BCUT2D eigenvalue weighted by atomic mass is 16.4. The van der Waals surface area contributed by atoms with Crippen molar-refractivity contribution in [3.8, 4) is 0 Å². The molecule has 2 rings (SSSR count). The lowest BCUT2D eigenvalue weighted by atomic mass is 10.1. The van der Waals surface area contributed by atoms with Crippen molar-refractivity contribution in [2.45, 2.75) is 6.54 Å². The van der Waals surface area contributed by atoms with Gasteiger partial charge >= 0.3 is 6.09 Å². The molecule has 23 heavy (non-hydrogen) atoms. The Bertz CT molecular complexity index is 656. The van der Waals surface area contributed by atoms with Crippen LogP contribution in [0.5, 0.6) is 0 Å². The summed E-state index contributed by atoms with van der Waals surface area (Å²) >= 11 is 0. The molecule has 0 saturated heterocycles. The molecular weight excluding hydrogens is 296 g/mol. The maximum atomic E-state index is 12.1. The van der Waals surface area contributed by atoms with Gasteiger partial charge in [-0.2, -0.15) is 0 Å². The molecule has 6 heteroatoms. The van der Waals surface area contributed by atoms with Crippen LogP contribution in [0.1, 0.15) is 15.9 Å². The number of rotatable bonds is 6. The first-order chi connectivity index (χ1) is 11.1. The zero-order valence-corrected chi connectivity index (χ0v) is 12.5. The second kappa shape index (κ2) is 7.95. The number of nitrogens with one attached hydrogen (secondary N) is 1. The van der Waals surface area contributed by atoms with E-state index in [1.54, 1.807) is 36.4 Å². The number of nitrogens with zero attached hydrogens (tertiary/aromatic N) is 1. The molecule has 0 spiro atoms. The fourth-order valence-corrected chi connectivity index (χ4v) is 2.07. The van der Waals surface area contributed by atoms with Gasteiger partial charge in [0.25, 0.3) is 5.91 Å². The fraction of sp³-hybridized carbons (Fsp3) is 0.176. The SMILES string of the molecule is O=C(Nc1ccccc1)c1ccc(CN(CCO)C(=O)O)cc1. The van der Waals surface area contributed by atoms with E-state index in [1.807, 2.05) is 18.2 Å². The molecule has 120 valence electrons. The van der Waals surface area contributed by atoms with E-state index in [4.69, 9.17) is 10.2 Å². The van der Waals surface area contributed by atoms with Gasteiger partial charge < -0.3 is 20.4 Å². The van der Waals surface area contributed by atoms with Gasteiger partial charge in [0.05, 0.1) is 6.61 Å². The van der Waals surface area contributed by atoms with Crippen LogP contribution in [0.15, 0.2) is 54.6 Å². The minimum atomic E-state index is -1.09. The van der Waals surface area contributed by atoms with E-state index in [-0.39, 0.29) is 25.6 Å². The van der Waals surface area contributed by atoms with Crippen LogP contribution in [0, 0.1) is 0 Å². The van der Waals surface area contributed by atoms with E-state index in [2.05, 4.69) is 5.32 Å². The third-order valence-electron chi connectivity index (χ3n) is 3.26. The summed E-state index contributed by atoms with van der Waals surface area (Å²) in [7, 11) is 0. The predicted octanol–water partition coefficient (Wildman–Crippen LogP) is 2.41. The maximum Gasteiger partial charge on any atom is 0.407 e. The average molecular weight is 314 g/mol. The summed E-state index contributed by atoms with van der Waals surface area (Å²) < 4.78 is 0. The Morgan fingerprint density at radius 2 is 1.65 bits per heavy atom. The molecule has 0 saturated carbocycles. The van der Waals surface area contributed by atoms with Gasteiger partial charge in [0.2, 0.25) is 0 Å². The largest absolute Gasteiger partial charge is 0.465 e. The molecule has 6 nitrogen and oxygen atoms in total. The monoisotopic (exact) mass is 314 g/mol. The highest BCUT2D eigenvalue weighted by Gasteiger charge is 2.12. The molecule has 0 fully saturated rings. The number of aliphatic hydroxyl groups is 1. The van der Waals surface area contributed by atoms with Crippen molar-refractivity contribution in [1.82, 2.24) is 4.90 Å². The Hall–Kier alpha value is -2.86. The van der Waals surface area contributed by atoms with Crippen LogP contribution in [0.2, 0.25) is 0 Å². The topological polar surface area (TPSA) is 89.9 Å². The standard InChI is InChI=1S/C17H18N2O4/c20-11-10-19(17(22)23)12-13-6-8-14(9-7-13)16(21)18-15-4-2-1-3-5-15/h1-9,20H,10-12H2,(H,18,21)(H,22,23). The summed E-state index contributed by atoms with van der Waals surface area (Å²) in [6, 6.07) is 15.8. The molecule has 3 N–H and O–H groups in total. The summed E-state index contributed by atoms with van der Waals surface area (Å²) in [5.74, 6) is -0.229. The van der Waals surface area contributed by atoms with Gasteiger partial charge in [-0.1, -0.05) is 30.3 Å².